The van der Waals surface area contributed by atoms with Crippen molar-refractivity contribution < 1.29 is 9.47 Å². The molecular weight excluding hydrogens is 300 g/mol. The van der Waals surface area contributed by atoms with Gasteiger partial charge in [-0.05, 0) is 22.8 Å². The normalized spacial score (nSPS) is 10.1. The zero-order valence-corrected chi connectivity index (χ0v) is 13.6. The Bertz CT molecular complexity index is 767. The first-order chi connectivity index (χ1) is 11.8. The van der Waals surface area contributed by atoms with E-state index < -0.39 is 0 Å². The van der Waals surface area contributed by atoms with Crippen LogP contribution in [0.1, 0.15) is 16.8 Å². The Morgan fingerprint density at radius 3 is 1.88 bits per heavy atom. The van der Waals surface area contributed by atoms with E-state index in [1.807, 2.05) is 42.5 Å². The Hall–Kier alpha value is -3.14. The van der Waals surface area contributed by atoms with Crippen LogP contribution in [0.3, 0.4) is 0 Å². The predicted molar refractivity (Wildman–Crippen MR) is 95.0 cm³/mol. The molecule has 0 radical (unpaired) electrons. The monoisotopic (exact) mass is 318 g/mol. The average molecular weight is 318 g/mol. The summed E-state index contributed by atoms with van der Waals surface area (Å²) in [5.74, 6) is 0.466. The fourth-order valence-corrected chi connectivity index (χ4v) is 2.41. The summed E-state index contributed by atoms with van der Waals surface area (Å²) in [4.78, 5) is 8.54. The fraction of sp³-hybridized carbons (Fsp3) is 0.100. The maximum absolute atomic E-state index is 5.23. The summed E-state index contributed by atoms with van der Waals surface area (Å²) in [6.07, 6.45) is 2.01. The van der Waals surface area contributed by atoms with Gasteiger partial charge in [0.05, 0.1) is 19.9 Å². The summed E-state index contributed by atoms with van der Waals surface area (Å²) in [7, 11) is 3.11. The van der Waals surface area contributed by atoms with Crippen LogP contribution in [0.5, 0.6) is 11.9 Å². The maximum Gasteiger partial charge on any atom is 0.319 e. The molecule has 0 unspecified atom stereocenters. The molecule has 1 aromatic heterocycles. The molecule has 0 aliphatic heterocycles. The van der Waals surface area contributed by atoms with Gasteiger partial charge in [0.25, 0.3) is 0 Å². The van der Waals surface area contributed by atoms with Crippen LogP contribution in [0.2, 0.25) is 0 Å². The van der Waals surface area contributed by atoms with E-state index in [0.717, 1.165) is 22.4 Å². The van der Waals surface area contributed by atoms with E-state index in [-0.39, 0.29) is 6.01 Å². The molecule has 2 aromatic carbocycles. The molecule has 0 aliphatic carbocycles. The van der Waals surface area contributed by atoms with Gasteiger partial charge in [-0.3, -0.25) is 0 Å². The zero-order chi connectivity index (χ0) is 16.8. The molecule has 0 saturated heterocycles. The number of benzene rings is 2. The minimum absolute atomic E-state index is 0.279. The Labute approximate surface area is 141 Å². The Balaban J connectivity index is 2.14. The van der Waals surface area contributed by atoms with E-state index in [2.05, 4.69) is 34.2 Å². The summed E-state index contributed by atoms with van der Waals surface area (Å²) in [5, 5.41) is 0. The van der Waals surface area contributed by atoms with Gasteiger partial charge in [-0.1, -0.05) is 60.7 Å². The van der Waals surface area contributed by atoms with Crippen molar-refractivity contribution in [3.8, 4) is 11.9 Å². The summed E-state index contributed by atoms with van der Waals surface area (Å²) in [6, 6.07) is 22.5. The van der Waals surface area contributed by atoms with Crippen molar-refractivity contribution in [3.05, 3.63) is 83.6 Å². The van der Waals surface area contributed by atoms with Crippen molar-refractivity contribution in [2.75, 3.05) is 14.2 Å². The molecule has 0 amide bonds. The second-order valence-corrected chi connectivity index (χ2v) is 5.11. The van der Waals surface area contributed by atoms with Crippen molar-refractivity contribution in [1.82, 2.24) is 9.97 Å². The van der Waals surface area contributed by atoms with Crippen LogP contribution in [0.4, 0.5) is 0 Å². The lowest BCUT2D eigenvalue weighted by atomic mass is 9.97. The summed E-state index contributed by atoms with van der Waals surface area (Å²) in [5.41, 5.74) is 4.01. The third-order valence-electron chi connectivity index (χ3n) is 3.56. The molecule has 4 nitrogen and oxygen atoms in total. The molecule has 0 fully saturated rings. The minimum atomic E-state index is 0.279. The van der Waals surface area contributed by atoms with E-state index >= 15 is 0 Å². The third-order valence-corrected chi connectivity index (χ3v) is 3.56. The predicted octanol–water partition coefficient (Wildman–Crippen LogP) is 4.08. The molecule has 0 saturated carbocycles. The third kappa shape index (κ3) is 3.60. The van der Waals surface area contributed by atoms with Gasteiger partial charge in [0, 0.05) is 6.07 Å². The minimum Gasteiger partial charge on any atom is -0.481 e. The highest BCUT2D eigenvalue weighted by Crippen LogP contribution is 2.26. The van der Waals surface area contributed by atoms with Crippen LogP contribution < -0.4 is 9.47 Å². The van der Waals surface area contributed by atoms with E-state index in [1.165, 1.54) is 7.11 Å². The van der Waals surface area contributed by atoms with Crippen LogP contribution >= 0.6 is 0 Å². The highest BCUT2D eigenvalue weighted by Gasteiger charge is 2.08. The number of rotatable bonds is 5. The van der Waals surface area contributed by atoms with Crippen LogP contribution in [0.25, 0.3) is 11.6 Å². The lowest BCUT2D eigenvalue weighted by molar-refractivity contribution is 0.351. The number of aromatic nitrogens is 2. The maximum atomic E-state index is 5.23. The largest absolute Gasteiger partial charge is 0.481 e. The first kappa shape index (κ1) is 15.7. The van der Waals surface area contributed by atoms with Crippen molar-refractivity contribution >= 4 is 11.6 Å². The molecule has 0 spiro atoms. The van der Waals surface area contributed by atoms with E-state index in [0.29, 0.717) is 5.88 Å². The number of ether oxygens (including phenoxy) is 2. The SMILES string of the molecule is COc1cc(C=C(c2ccccc2)c2ccccc2)nc(OC)n1. The molecule has 120 valence electrons. The Kier molecular flexibility index (Phi) is 4.87. The molecular formula is C20H18N2O2. The molecule has 3 aromatic rings. The quantitative estimate of drug-likeness (QED) is 0.711. The fourth-order valence-electron chi connectivity index (χ4n) is 2.41. The smallest absolute Gasteiger partial charge is 0.319 e. The number of nitrogens with zero attached hydrogens (tertiary/aromatic N) is 2. The van der Waals surface area contributed by atoms with Crippen LogP contribution in [-0.2, 0) is 0 Å². The standard InChI is InChI=1S/C20H18N2O2/c1-23-19-14-17(21-20(22-19)24-2)13-18(15-9-5-3-6-10-15)16-11-7-4-8-12-16/h3-14H,1-2H3. The van der Waals surface area contributed by atoms with Crippen molar-refractivity contribution in [2.45, 2.75) is 0 Å². The van der Waals surface area contributed by atoms with Gasteiger partial charge in [-0.15, -0.1) is 0 Å². The lowest BCUT2D eigenvalue weighted by Gasteiger charge is -2.09. The van der Waals surface area contributed by atoms with Crippen molar-refractivity contribution in [1.29, 1.82) is 0 Å². The van der Waals surface area contributed by atoms with Crippen molar-refractivity contribution in [3.63, 3.8) is 0 Å². The number of hydrogen-bond acceptors (Lipinski definition) is 4. The first-order valence-corrected chi connectivity index (χ1v) is 7.60. The van der Waals surface area contributed by atoms with Gasteiger partial charge in [0.15, 0.2) is 0 Å². The zero-order valence-electron chi connectivity index (χ0n) is 13.6. The van der Waals surface area contributed by atoms with Gasteiger partial charge in [0.1, 0.15) is 0 Å². The van der Waals surface area contributed by atoms with Crippen LogP contribution in [0, 0.1) is 0 Å². The van der Waals surface area contributed by atoms with Gasteiger partial charge in [0.2, 0.25) is 5.88 Å². The van der Waals surface area contributed by atoms with Gasteiger partial charge in [-0.2, -0.15) is 9.97 Å². The number of methoxy groups -OCH3 is 2. The van der Waals surface area contributed by atoms with Crippen LogP contribution in [-0.4, -0.2) is 24.2 Å². The Morgan fingerprint density at radius 1 is 0.792 bits per heavy atom. The topological polar surface area (TPSA) is 44.2 Å². The molecule has 0 N–H and O–H groups in total. The highest BCUT2D eigenvalue weighted by molar-refractivity contribution is 5.90. The molecule has 0 bridgehead atoms. The molecule has 0 atom stereocenters. The average Bonchev–Trinajstić information content (AvgIpc) is 2.67. The summed E-state index contributed by atoms with van der Waals surface area (Å²) >= 11 is 0. The summed E-state index contributed by atoms with van der Waals surface area (Å²) in [6.45, 7) is 0. The second-order valence-electron chi connectivity index (χ2n) is 5.11. The van der Waals surface area contributed by atoms with E-state index in [9.17, 15) is 0 Å². The summed E-state index contributed by atoms with van der Waals surface area (Å²) < 4.78 is 10.4. The van der Waals surface area contributed by atoms with Crippen molar-refractivity contribution in [2.24, 2.45) is 0 Å². The van der Waals surface area contributed by atoms with Gasteiger partial charge in [-0.25, -0.2) is 0 Å². The second kappa shape index (κ2) is 7.42. The lowest BCUT2D eigenvalue weighted by Crippen LogP contribution is -1.97. The number of hydrogen-bond donors (Lipinski definition) is 0. The molecule has 24 heavy (non-hydrogen) atoms. The first-order valence-electron chi connectivity index (χ1n) is 7.60. The Morgan fingerprint density at radius 2 is 1.38 bits per heavy atom. The van der Waals surface area contributed by atoms with E-state index in [1.54, 1.807) is 13.2 Å². The highest BCUT2D eigenvalue weighted by atomic mass is 16.5. The molecule has 4 heteroatoms. The molecule has 3 rings (SSSR count). The van der Waals surface area contributed by atoms with Gasteiger partial charge < -0.3 is 9.47 Å². The van der Waals surface area contributed by atoms with E-state index in [4.69, 9.17) is 9.47 Å². The molecule has 0 aliphatic rings. The molecule has 1 heterocycles. The van der Waals surface area contributed by atoms with Gasteiger partial charge >= 0.3 is 6.01 Å². The van der Waals surface area contributed by atoms with Crippen LogP contribution in [0.15, 0.2) is 66.7 Å².